The van der Waals surface area contributed by atoms with Crippen molar-refractivity contribution >= 4 is 0 Å². The molecule has 0 saturated carbocycles. The Labute approximate surface area is 92.7 Å². The zero-order valence-electron chi connectivity index (χ0n) is 10.2. The summed E-state index contributed by atoms with van der Waals surface area (Å²) in [5, 5.41) is 0. The first-order valence-electron chi connectivity index (χ1n) is 5.64. The third kappa shape index (κ3) is 3.31. The number of hydrogen-bond acceptors (Lipinski definition) is 2. The summed E-state index contributed by atoms with van der Waals surface area (Å²) >= 11 is 0. The fraction of sp³-hybridized carbons (Fsp3) is 0.615. The Morgan fingerprint density at radius 2 is 2.13 bits per heavy atom. The van der Waals surface area contributed by atoms with Crippen LogP contribution in [0.2, 0.25) is 0 Å². The summed E-state index contributed by atoms with van der Waals surface area (Å²) in [5.74, 6) is 0.601. The summed E-state index contributed by atoms with van der Waals surface area (Å²) in [6.45, 7) is 9.29. The second-order valence-corrected chi connectivity index (χ2v) is 4.48. The van der Waals surface area contributed by atoms with Gasteiger partial charge >= 0.3 is 0 Å². The van der Waals surface area contributed by atoms with Crippen molar-refractivity contribution in [3.05, 3.63) is 30.1 Å². The van der Waals surface area contributed by atoms with Crippen molar-refractivity contribution in [2.24, 2.45) is 5.92 Å². The van der Waals surface area contributed by atoms with Crippen LogP contribution in [0.15, 0.2) is 24.4 Å². The lowest BCUT2D eigenvalue weighted by Gasteiger charge is -2.30. The van der Waals surface area contributed by atoms with Crippen molar-refractivity contribution in [3.63, 3.8) is 0 Å². The van der Waals surface area contributed by atoms with Gasteiger partial charge in [-0.2, -0.15) is 0 Å². The molecule has 0 fully saturated rings. The molecule has 15 heavy (non-hydrogen) atoms. The van der Waals surface area contributed by atoms with Gasteiger partial charge in [0.15, 0.2) is 0 Å². The molecule has 2 heteroatoms. The van der Waals surface area contributed by atoms with Gasteiger partial charge in [0, 0.05) is 12.8 Å². The van der Waals surface area contributed by atoms with E-state index in [1.54, 1.807) is 0 Å². The largest absolute Gasteiger partial charge is 0.369 e. The topological polar surface area (TPSA) is 22.1 Å². The highest BCUT2D eigenvalue weighted by Gasteiger charge is 2.29. The van der Waals surface area contributed by atoms with Gasteiger partial charge in [-0.1, -0.05) is 19.9 Å². The summed E-state index contributed by atoms with van der Waals surface area (Å²) < 4.78 is 5.86. The maximum atomic E-state index is 5.86. The zero-order valence-corrected chi connectivity index (χ0v) is 10.2. The van der Waals surface area contributed by atoms with Crippen LogP contribution in [-0.4, -0.2) is 11.6 Å². The van der Waals surface area contributed by atoms with Gasteiger partial charge in [-0.3, -0.25) is 4.98 Å². The van der Waals surface area contributed by atoms with E-state index in [-0.39, 0.29) is 5.60 Å². The summed E-state index contributed by atoms with van der Waals surface area (Å²) in [4.78, 5) is 4.40. The van der Waals surface area contributed by atoms with Gasteiger partial charge in [0.1, 0.15) is 5.60 Å². The molecule has 0 radical (unpaired) electrons. The molecule has 0 amide bonds. The third-order valence-corrected chi connectivity index (χ3v) is 2.47. The molecule has 2 nitrogen and oxygen atoms in total. The number of rotatable bonds is 5. The minimum absolute atomic E-state index is 0.246. The highest BCUT2D eigenvalue weighted by molar-refractivity contribution is 5.12. The highest BCUT2D eigenvalue weighted by Crippen LogP contribution is 2.30. The van der Waals surface area contributed by atoms with E-state index in [1.165, 1.54) is 0 Å². The van der Waals surface area contributed by atoms with Gasteiger partial charge in [0.05, 0.1) is 5.69 Å². The lowest BCUT2D eigenvalue weighted by atomic mass is 9.90. The Hall–Kier alpha value is -0.890. The molecule has 0 aromatic carbocycles. The van der Waals surface area contributed by atoms with Crippen LogP contribution < -0.4 is 0 Å². The van der Waals surface area contributed by atoms with Crippen LogP contribution in [-0.2, 0) is 10.3 Å². The Kier molecular flexibility index (Phi) is 4.28. The molecule has 0 saturated heterocycles. The van der Waals surface area contributed by atoms with Crippen molar-refractivity contribution in [1.29, 1.82) is 0 Å². The van der Waals surface area contributed by atoms with E-state index in [1.807, 2.05) is 31.3 Å². The SMILES string of the molecule is CCOC(C)(CC(C)C)c1ccccn1. The van der Waals surface area contributed by atoms with Crippen molar-refractivity contribution in [1.82, 2.24) is 4.98 Å². The first kappa shape index (κ1) is 12.2. The van der Waals surface area contributed by atoms with Crippen LogP contribution in [0.4, 0.5) is 0 Å². The highest BCUT2D eigenvalue weighted by atomic mass is 16.5. The van der Waals surface area contributed by atoms with Gasteiger partial charge in [0.2, 0.25) is 0 Å². The van der Waals surface area contributed by atoms with Crippen molar-refractivity contribution in [2.45, 2.75) is 39.7 Å². The fourth-order valence-electron chi connectivity index (χ4n) is 2.01. The summed E-state index contributed by atoms with van der Waals surface area (Å²) in [7, 11) is 0. The molecule has 1 aromatic rings. The summed E-state index contributed by atoms with van der Waals surface area (Å²) in [5.41, 5.74) is 0.782. The molecule has 0 aliphatic carbocycles. The van der Waals surface area contributed by atoms with Crippen LogP contribution in [0.1, 0.15) is 39.8 Å². The quantitative estimate of drug-likeness (QED) is 0.738. The van der Waals surface area contributed by atoms with E-state index in [9.17, 15) is 0 Å². The standard InChI is InChI=1S/C13H21NO/c1-5-15-13(4,10-11(2)3)12-8-6-7-9-14-12/h6-9,11H,5,10H2,1-4H3. The molecule has 0 bridgehead atoms. The molecule has 0 aliphatic heterocycles. The lowest BCUT2D eigenvalue weighted by Crippen LogP contribution is -2.29. The number of pyridine rings is 1. The van der Waals surface area contributed by atoms with Gasteiger partial charge in [-0.05, 0) is 38.3 Å². The molecule has 1 unspecified atom stereocenters. The first-order chi connectivity index (χ1) is 7.08. The molecule has 0 aliphatic rings. The fourth-order valence-corrected chi connectivity index (χ4v) is 2.01. The summed E-state index contributed by atoms with van der Waals surface area (Å²) in [6, 6.07) is 5.99. The molecular formula is C13H21NO. The predicted octanol–water partition coefficient (Wildman–Crippen LogP) is 3.38. The van der Waals surface area contributed by atoms with Crippen LogP contribution in [0.25, 0.3) is 0 Å². The second-order valence-electron chi connectivity index (χ2n) is 4.48. The van der Waals surface area contributed by atoms with E-state index < -0.39 is 0 Å². The molecular weight excluding hydrogens is 186 g/mol. The van der Waals surface area contributed by atoms with Gasteiger partial charge in [0.25, 0.3) is 0 Å². The van der Waals surface area contributed by atoms with Crippen LogP contribution in [0.5, 0.6) is 0 Å². The third-order valence-electron chi connectivity index (χ3n) is 2.47. The number of ether oxygens (including phenoxy) is 1. The normalized spacial score (nSPS) is 15.3. The Balaban J connectivity index is 2.90. The maximum absolute atomic E-state index is 5.86. The van der Waals surface area contributed by atoms with E-state index >= 15 is 0 Å². The molecule has 0 spiro atoms. The number of aromatic nitrogens is 1. The van der Waals surface area contributed by atoms with Crippen LogP contribution in [0.3, 0.4) is 0 Å². The van der Waals surface area contributed by atoms with Crippen molar-refractivity contribution < 1.29 is 4.74 Å². The molecule has 1 aromatic heterocycles. The Bertz CT molecular complexity index is 284. The van der Waals surface area contributed by atoms with E-state index in [0.29, 0.717) is 5.92 Å². The van der Waals surface area contributed by atoms with E-state index in [0.717, 1.165) is 18.7 Å². The molecule has 84 valence electrons. The number of nitrogens with zero attached hydrogens (tertiary/aromatic N) is 1. The first-order valence-corrected chi connectivity index (χ1v) is 5.64. The zero-order chi connectivity index (χ0) is 11.3. The van der Waals surface area contributed by atoms with Crippen molar-refractivity contribution in [3.8, 4) is 0 Å². The molecule has 1 atom stereocenters. The average Bonchev–Trinajstić information content (AvgIpc) is 2.18. The van der Waals surface area contributed by atoms with Crippen LogP contribution in [0, 0.1) is 5.92 Å². The molecule has 1 heterocycles. The van der Waals surface area contributed by atoms with Crippen LogP contribution >= 0.6 is 0 Å². The predicted molar refractivity (Wildman–Crippen MR) is 62.7 cm³/mol. The monoisotopic (exact) mass is 207 g/mol. The number of hydrogen-bond donors (Lipinski definition) is 0. The van der Waals surface area contributed by atoms with Gasteiger partial charge in [-0.15, -0.1) is 0 Å². The minimum Gasteiger partial charge on any atom is -0.369 e. The lowest BCUT2D eigenvalue weighted by molar-refractivity contribution is -0.0473. The van der Waals surface area contributed by atoms with Gasteiger partial charge < -0.3 is 4.74 Å². The molecule has 0 N–H and O–H groups in total. The Morgan fingerprint density at radius 1 is 1.40 bits per heavy atom. The van der Waals surface area contributed by atoms with Crippen molar-refractivity contribution in [2.75, 3.05) is 6.61 Å². The smallest absolute Gasteiger partial charge is 0.107 e. The van der Waals surface area contributed by atoms with E-state index in [2.05, 4.69) is 25.8 Å². The second kappa shape index (κ2) is 5.26. The maximum Gasteiger partial charge on any atom is 0.107 e. The van der Waals surface area contributed by atoms with Gasteiger partial charge in [-0.25, -0.2) is 0 Å². The van der Waals surface area contributed by atoms with E-state index in [4.69, 9.17) is 4.74 Å². The summed E-state index contributed by atoms with van der Waals surface area (Å²) in [6.07, 6.45) is 2.82. The molecule has 1 rings (SSSR count). The average molecular weight is 207 g/mol. The minimum atomic E-state index is -0.246. The Morgan fingerprint density at radius 3 is 2.60 bits per heavy atom.